The van der Waals surface area contributed by atoms with Gasteiger partial charge in [0.2, 0.25) is 0 Å². The lowest BCUT2D eigenvalue weighted by atomic mass is 10.1. The molecule has 0 N–H and O–H groups in total. The van der Waals surface area contributed by atoms with Gasteiger partial charge in [-0.1, -0.05) is 27.7 Å². The molecule has 1 aromatic rings. The summed E-state index contributed by atoms with van der Waals surface area (Å²) in [6.07, 6.45) is 0.407. The molecule has 8 nitrogen and oxygen atoms in total. The number of amides is 1. The molecule has 0 radical (unpaired) electrons. The minimum absolute atomic E-state index is 0.0472. The molecule has 1 aliphatic heterocycles. The van der Waals surface area contributed by atoms with E-state index >= 15 is 0 Å². The largest absolute Gasteiger partial charge is 0.493 e. The summed E-state index contributed by atoms with van der Waals surface area (Å²) in [5.41, 5.74) is 0.236. The zero-order valence-electron chi connectivity index (χ0n) is 18.9. The fourth-order valence-electron chi connectivity index (χ4n) is 3.33. The Balaban J connectivity index is 2.03. The third kappa shape index (κ3) is 7.41. The van der Waals surface area contributed by atoms with Crippen molar-refractivity contribution >= 4 is 21.7 Å². The van der Waals surface area contributed by atoms with Gasteiger partial charge >= 0.3 is 5.97 Å². The number of carbonyl (C=O) groups is 2. The summed E-state index contributed by atoms with van der Waals surface area (Å²) in [6.45, 7) is 8.42. The molecule has 0 aromatic heterocycles. The molecule has 9 heteroatoms. The summed E-state index contributed by atoms with van der Waals surface area (Å²) in [4.78, 5) is 26.8. The number of sulfone groups is 1. The second-order valence-electron chi connectivity index (χ2n) is 8.64. The molecule has 2 rings (SSSR count). The van der Waals surface area contributed by atoms with Crippen LogP contribution in [0.25, 0.3) is 0 Å². The Kier molecular flexibility index (Phi) is 8.73. The smallest absolute Gasteiger partial charge is 0.338 e. The highest BCUT2D eigenvalue weighted by Gasteiger charge is 2.35. The second kappa shape index (κ2) is 10.8. The summed E-state index contributed by atoms with van der Waals surface area (Å²) in [7, 11) is -1.65. The van der Waals surface area contributed by atoms with E-state index in [-0.39, 0.29) is 29.0 Å². The maximum absolute atomic E-state index is 12.7. The third-order valence-electron chi connectivity index (χ3n) is 4.83. The monoisotopic (exact) mass is 455 g/mol. The summed E-state index contributed by atoms with van der Waals surface area (Å²) >= 11 is 0. The van der Waals surface area contributed by atoms with Gasteiger partial charge in [-0.15, -0.1) is 0 Å². The van der Waals surface area contributed by atoms with Crippen molar-refractivity contribution in [3.8, 4) is 11.5 Å². The zero-order valence-corrected chi connectivity index (χ0v) is 19.7. The Morgan fingerprint density at radius 2 is 1.84 bits per heavy atom. The first kappa shape index (κ1) is 25.0. The first-order chi connectivity index (χ1) is 14.5. The molecule has 174 valence electrons. The number of methoxy groups -OCH3 is 1. The lowest BCUT2D eigenvalue weighted by Gasteiger charge is -2.29. The quantitative estimate of drug-likeness (QED) is 0.500. The molecule has 0 aliphatic carbocycles. The first-order valence-electron chi connectivity index (χ1n) is 10.5. The molecule has 1 fully saturated rings. The SMILES string of the molecule is COc1cc(C(=O)OCC(=O)N(CC(C)C)[C@@H]2CCS(=O)(=O)C2)ccc1OCC(C)C. The van der Waals surface area contributed by atoms with Gasteiger partial charge in [-0.05, 0) is 36.5 Å². The number of carbonyl (C=O) groups excluding carboxylic acids is 2. The van der Waals surface area contributed by atoms with Crippen LogP contribution in [0.15, 0.2) is 18.2 Å². The lowest BCUT2D eigenvalue weighted by Crippen LogP contribution is -2.45. The summed E-state index contributed by atoms with van der Waals surface area (Å²) in [5, 5.41) is 0. The molecular formula is C22H33NO7S. The van der Waals surface area contributed by atoms with Crippen molar-refractivity contribution in [1.29, 1.82) is 0 Å². The number of hydrogen-bond acceptors (Lipinski definition) is 7. The molecule has 1 atom stereocenters. The number of esters is 1. The third-order valence-corrected chi connectivity index (χ3v) is 6.58. The topological polar surface area (TPSA) is 99.2 Å². The van der Waals surface area contributed by atoms with Crippen molar-refractivity contribution in [3.63, 3.8) is 0 Å². The molecular weight excluding hydrogens is 422 g/mol. The van der Waals surface area contributed by atoms with Crippen LogP contribution in [0.3, 0.4) is 0 Å². The fraction of sp³-hybridized carbons (Fsp3) is 0.636. The van der Waals surface area contributed by atoms with Crippen molar-refractivity contribution in [3.05, 3.63) is 23.8 Å². The Labute approximate surface area is 184 Å². The van der Waals surface area contributed by atoms with Gasteiger partial charge in [-0.3, -0.25) is 4.79 Å². The zero-order chi connectivity index (χ0) is 23.2. The van der Waals surface area contributed by atoms with Gasteiger partial charge in [0.15, 0.2) is 27.9 Å². The van der Waals surface area contributed by atoms with Crippen LogP contribution in [0, 0.1) is 11.8 Å². The van der Waals surface area contributed by atoms with Gasteiger partial charge in [-0.25, -0.2) is 13.2 Å². The maximum Gasteiger partial charge on any atom is 0.338 e. The van der Waals surface area contributed by atoms with Crippen LogP contribution >= 0.6 is 0 Å². The first-order valence-corrected chi connectivity index (χ1v) is 12.3. The van der Waals surface area contributed by atoms with E-state index in [0.717, 1.165) is 0 Å². The lowest BCUT2D eigenvalue weighted by molar-refractivity contribution is -0.137. The normalized spacial score (nSPS) is 17.6. The number of benzene rings is 1. The van der Waals surface area contributed by atoms with Crippen LogP contribution < -0.4 is 9.47 Å². The van der Waals surface area contributed by atoms with Crippen LogP contribution in [0.1, 0.15) is 44.5 Å². The van der Waals surface area contributed by atoms with E-state index in [1.54, 1.807) is 12.1 Å². The highest BCUT2D eigenvalue weighted by molar-refractivity contribution is 7.91. The van der Waals surface area contributed by atoms with Gasteiger partial charge < -0.3 is 19.1 Å². The van der Waals surface area contributed by atoms with Crippen molar-refractivity contribution in [1.82, 2.24) is 4.90 Å². The molecule has 0 unspecified atom stereocenters. The molecule has 1 aliphatic rings. The predicted molar refractivity (Wildman–Crippen MR) is 117 cm³/mol. The van der Waals surface area contributed by atoms with E-state index in [0.29, 0.717) is 37.0 Å². The Morgan fingerprint density at radius 1 is 1.13 bits per heavy atom. The van der Waals surface area contributed by atoms with Crippen LogP contribution in [-0.4, -0.2) is 69.6 Å². The molecule has 0 spiro atoms. The number of ether oxygens (including phenoxy) is 3. The van der Waals surface area contributed by atoms with Gasteiger partial charge in [0.05, 0.1) is 30.8 Å². The van der Waals surface area contributed by atoms with Crippen molar-refractivity contribution < 1.29 is 32.2 Å². The molecule has 1 saturated heterocycles. The minimum atomic E-state index is -3.13. The van der Waals surface area contributed by atoms with Gasteiger partial charge in [0.1, 0.15) is 0 Å². The molecule has 1 amide bonds. The fourth-order valence-corrected chi connectivity index (χ4v) is 5.06. The summed E-state index contributed by atoms with van der Waals surface area (Å²) < 4.78 is 39.9. The number of rotatable bonds is 10. The minimum Gasteiger partial charge on any atom is -0.493 e. The number of nitrogens with zero attached hydrogens (tertiary/aromatic N) is 1. The van der Waals surface area contributed by atoms with E-state index in [1.165, 1.54) is 18.1 Å². The van der Waals surface area contributed by atoms with Crippen LogP contribution in [0.5, 0.6) is 11.5 Å². The Morgan fingerprint density at radius 3 is 2.39 bits per heavy atom. The average Bonchev–Trinajstić information content (AvgIpc) is 3.07. The van der Waals surface area contributed by atoms with Crippen molar-refractivity contribution in [2.75, 3.05) is 38.4 Å². The predicted octanol–water partition coefficient (Wildman–Crippen LogP) is 2.56. The maximum atomic E-state index is 12.7. The standard InChI is InChI=1S/C22H33NO7S/c1-15(2)11-23(18-8-9-31(26,27)14-18)21(24)13-30-22(25)17-6-7-19(20(10-17)28-5)29-12-16(3)4/h6-7,10,15-16,18H,8-9,11-14H2,1-5H3/t18-/m1/s1. The average molecular weight is 456 g/mol. The second-order valence-corrected chi connectivity index (χ2v) is 10.9. The molecule has 0 saturated carbocycles. The Hall–Kier alpha value is -2.29. The van der Waals surface area contributed by atoms with E-state index in [4.69, 9.17) is 14.2 Å². The summed E-state index contributed by atoms with van der Waals surface area (Å²) in [6, 6.07) is 4.32. The Bertz CT molecular complexity index is 880. The van der Waals surface area contributed by atoms with Gasteiger partial charge in [0, 0.05) is 12.6 Å². The van der Waals surface area contributed by atoms with Crippen molar-refractivity contribution in [2.45, 2.75) is 40.2 Å². The van der Waals surface area contributed by atoms with E-state index < -0.39 is 28.3 Å². The number of hydrogen-bond donors (Lipinski definition) is 0. The highest BCUT2D eigenvalue weighted by Crippen LogP contribution is 2.29. The van der Waals surface area contributed by atoms with E-state index in [2.05, 4.69) is 0 Å². The molecule has 0 bridgehead atoms. The van der Waals surface area contributed by atoms with E-state index in [1.807, 2.05) is 27.7 Å². The van der Waals surface area contributed by atoms with Crippen LogP contribution in [-0.2, 0) is 19.4 Å². The van der Waals surface area contributed by atoms with Crippen LogP contribution in [0.4, 0.5) is 0 Å². The highest BCUT2D eigenvalue weighted by atomic mass is 32.2. The molecule has 1 aromatic carbocycles. The van der Waals surface area contributed by atoms with Gasteiger partial charge in [-0.2, -0.15) is 0 Å². The molecule has 31 heavy (non-hydrogen) atoms. The van der Waals surface area contributed by atoms with E-state index in [9.17, 15) is 18.0 Å². The van der Waals surface area contributed by atoms with Crippen LogP contribution in [0.2, 0.25) is 0 Å². The van der Waals surface area contributed by atoms with Crippen molar-refractivity contribution in [2.24, 2.45) is 11.8 Å². The molecule has 1 heterocycles. The van der Waals surface area contributed by atoms with Gasteiger partial charge in [0.25, 0.3) is 5.91 Å². The summed E-state index contributed by atoms with van der Waals surface area (Å²) in [5.74, 6) is 0.389.